The highest BCUT2D eigenvalue weighted by molar-refractivity contribution is 5.78. The summed E-state index contributed by atoms with van der Waals surface area (Å²) in [5, 5.41) is 14.7. The summed E-state index contributed by atoms with van der Waals surface area (Å²) in [4.78, 5) is 22.9. The molecule has 0 aromatic heterocycles. The van der Waals surface area contributed by atoms with Crippen LogP contribution in [0.25, 0.3) is 0 Å². The third kappa shape index (κ3) is 4.55. The summed E-state index contributed by atoms with van der Waals surface area (Å²) in [6, 6.07) is -0.135. The predicted molar refractivity (Wildman–Crippen MR) is 71.6 cm³/mol. The highest BCUT2D eigenvalue weighted by Crippen LogP contribution is 2.25. The number of carboxylic acids is 1. The molecule has 3 N–H and O–H groups in total. The van der Waals surface area contributed by atoms with Crippen LogP contribution in [0, 0.1) is 5.41 Å². The minimum Gasteiger partial charge on any atom is -0.481 e. The number of aliphatic carboxylic acids is 1. The average Bonchev–Trinajstić information content (AvgIpc) is 2.37. The highest BCUT2D eigenvalue weighted by atomic mass is 16.4. The maximum Gasteiger partial charge on any atom is 0.315 e. The number of carbonyl (C=O) groups is 2. The number of hydrogen-bond donors (Lipinski definition) is 3. The van der Waals surface area contributed by atoms with Crippen molar-refractivity contribution in [3.63, 3.8) is 0 Å². The quantitative estimate of drug-likeness (QED) is 0.625. The van der Waals surface area contributed by atoms with Crippen molar-refractivity contribution >= 4 is 12.0 Å². The molecule has 2 amide bonds. The molecule has 0 bridgehead atoms. The molecule has 0 unspecified atom stereocenters. The number of rotatable bonds is 8. The van der Waals surface area contributed by atoms with E-state index in [1.165, 1.54) is 0 Å². The van der Waals surface area contributed by atoms with Gasteiger partial charge >= 0.3 is 12.0 Å². The SMILES string of the molecule is CCC(CC)NC(=O)NCC(CC)(CC)C(=O)O. The van der Waals surface area contributed by atoms with Crippen molar-refractivity contribution in [2.75, 3.05) is 6.54 Å². The molecule has 5 heteroatoms. The highest BCUT2D eigenvalue weighted by Gasteiger charge is 2.35. The Morgan fingerprint density at radius 3 is 1.94 bits per heavy atom. The minimum atomic E-state index is -0.856. The van der Waals surface area contributed by atoms with Crippen molar-refractivity contribution in [2.45, 2.75) is 59.4 Å². The van der Waals surface area contributed by atoms with Crippen LogP contribution in [-0.4, -0.2) is 29.7 Å². The molecule has 106 valence electrons. The van der Waals surface area contributed by atoms with Crippen molar-refractivity contribution < 1.29 is 14.7 Å². The van der Waals surface area contributed by atoms with E-state index in [-0.39, 0.29) is 18.6 Å². The first-order valence-corrected chi connectivity index (χ1v) is 6.73. The zero-order chi connectivity index (χ0) is 14.2. The first-order chi connectivity index (χ1) is 8.45. The monoisotopic (exact) mass is 258 g/mol. The van der Waals surface area contributed by atoms with Gasteiger partial charge in [0.1, 0.15) is 0 Å². The van der Waals surface area contributed by atoms with Crippen molar-refractivity contribution in [3.05, 3.63) is 0 Å². The fourth-order valence-corrected chi connectivity index (χ4v) is 1.86. The molecule has 18 heavy (non-hydrogen) atoms. The van der Waals surface area contributed by atoms with E-state index in [4.69, 9.17) is 0 Å². The number of carboxylic acid groups (broad SMARTS) is 1. The van der Waals surface area contributed by atoms with E-state index in [0.29, 0.717) is 12.8 Å². The molecule has 0 saturated carbocycles. The van der Waals surface area contributed by atoms with Crippen LogP contribution in [-0.2, 0) is 4.79 Å². The van der Waals surface area contributed by atoms with Gasteiger partial charge in [0.15, 0.2) is 0 Å². The van der Waals surface area contributed by atoms with E-state index in [9.17, 15) is 14.7 Å². The molecule has 0 rings (SSSR count). The minimum absolute atomic E-state index is 0.146. The van der Waals surface area contributed by atoms with E-state index in [2.05, 4.69) is 10.6 Å². The summed E-state index contributed by atoms with van der Waals surface area (Å²) in [6.45, 7) is 7.85. The Kier molecular flexibility index (Phi) is 7.39. The number of urea groups is 1. The lowest BCUT2D eigenvalue weighted by molar-refractivity contribution is -0.149. The van der Waals surface area contributed by atoms with Crippen LogP contribution in [0.3, 0.4) is 0 Å². The number of carbonyl (C=O) groups excluding carboxylic acids is 1. The van der Waals surface area contributed by atoms with Gasteiger partial charge in [-0.3, -0.25) is 4.79 Å². The van der Waals surface area contributed by atoms with Crippen LogP contribution in [0.15, 0.2) is 0 Å². The van der Waals surface area contributed by atoms with Gasteiger partial charge < -0.3 is 15.7 Å². The Morgan fingerprint density at radius 1 is 1.11 bits per heavy atom. The van der Waals surface area contributed by atoms with Crippen LogP contribution in [0.5, 0.6) is 0 Å². The second-order valence-electron chi connectivity index (χ2n) is 4.63. The zero-order valence-electron chi connectivity index (χ0n) is 11.9. The van der Waals surface area contributed by atoms with Crippen LogP contribution in [0.4, 0.5) is 4.79 Å². The largest absolute Gasteiger partial charge is 0.481 e. The molecule has 5 nitrogen and oxygen atoms in total. The Hall–Kier alpha value is -1.26. The Bertz CT molecular complexity index is 271. The molecule has 0 aliphatic rings. The average molecular weight is 258 g/mol. The fraction of sp³-hybridized carbons (Fsp3) is 0.846. The molecule has 0 heterocycles. The zero-order valence-corrected chi connectivity index (χ0v) is 11.9. The van der Waals surface area contributed by atoms with Gasteiger partial charge in [-0.2, -0.15) is 0 Å². The van der Waals surface area contributed by atoms with Crippen LogP contribution >= 0.6 is 0 Å². The Morgan fingerprint density at radius 2 is 1.61 bits per heavy atom. The molecular formula is C13H26N2O3. The molecule has 0 radical (unpaired) electrons. The number of hydrogen-bond acceptors (Lipinski definition) is 2. The predicted octanol–water partition coefficient (Wildman–Crippen LogP) is 2.37. The normalized spacial score (nSPS) is 11.4. The van der Waals surface area contributed by atoms with Crippen LogP contribution < -0.4 is 10.6 Å². The summed E-state index contributed by atoms with van der Waals surface area (Å²) in [7, 11) is 0. The number of nitrogens with one attached hydrogen (secondary N) is 2. The number of amides is 2. The lowest BCUT2D eigenvalue weighted by atomic mass is 9.82. The Labute approximate surface area is 109 Å². The van der Waals surface area contributed by atoms with Crippen LogP contribution in [0.2, 0.25) is 0 Å². The maximum atomic E-state index is 11.7. The molecule has 0 saturated heterocycles. The van der Waals surface area contributed by atoms with Crippen molar-refractivity contribution in [1.29, 1.82) is 0 Å². The summed E-state index contributed by atoms with van der Waals surface area (Å²) in [5.74, 6) is -0.852. The van der Waals surface area contributed by atoms with E-state index in [0.717, 1.165) is 12.8 Å². The lowest BCUT2D eigenvalue weighted by Gasteiger charge is -2.27. The van der Waals surface area contributed by atoms with E-state index in [1.54, 1.807) is 0 Å². The smallest absolute Gasteiger partial charge is 0.315 e. The standard InChI is InChI=1S/C13H26N2O3/c1-5-10(6-2)15-12(18)14-9-13(7-3,8-4)11(16)17/h10H,5-9H2,1-4H3,(H,16,17)(H2,14,15,18). The summed E-state index contributed by atoms with van der Waals surface area (Å²) in [6.07, 6.45) is 2.75. The first-order valence-electron chi connectivity index (χ1n) is 6.73. The molecular weight excluding hydrogens is 232 g/mol. The fourth-order valence-electron chi connectivity index (χ4n) is 1.86. The van der Waals surface area contributed by atoms with Crippen molar-refractivity contribution in [3.8, 4) is 0 Å². The van der Waals surface area contributed by atoms with Gasteiger partial charge in [-0.05, 0) is 25.7 Å². The topological polar surface area (TPSA) is 78.4 Å². The third-order valence-corrected chi connectivity index (χ3v) is 3.72. The van der Waals surface area contributed by atoms with E-state index >= 15 is 0 Å². The molecule has 0 spiro atoms. The van der Waals surface area contributed by atoms with Gasteiger partial charge in [-0.15, -0.1) is 0 Å². The Balaban J connectivity index is 4.36. The summed E-state index contributed by atoms with van der Waals surface area (Å²) in [5.41, 5.74) is -0.856. The molecule has 0 atom stereocenters. The molecule has 0 fully saturated rings. The van der Waals surface area contributed by atoms with Gasteiger partial charge in [0.05, 0.1) is 5.41 Å². The van der Waals surface area contributed by atoms with Crippen molar-refractivity contribution in [1.82, 2.24) is 10.6 Å². The molecule has 0 aliphatic carbocycles. The van der Waals surface area contributed by atoms with E-state index < -0.39 is 11.4 Å². The van der Waals surface area contributed by atoms with Gasteiger partial charge in [0.25, 0.3) is 0 Å². The third-order valence-electron chi connectivity index (χ3n) is 3.72. The van der Waals surface area contributed by atoms with Gasteiger partial charge in [0, 0.05) is 12.6 Å². The first kappa shape index (κ1) is 16.7. The maximum absolute atomic E-state index is 11.7. The summed E-state index contributed by atoms with van der Waals surface area (Å²) >= 11 is 0. The van der Waals surface area contributed by atoms with Crippen LogP contribution in [0.1, 0.15) is 53.4 Å². The molecule has 0 aromatic carbocycles. The second kappa shape index (κ2) is 7.95. The molecule has 0 aromatic rings. The lowest BCUT2D eigenvalue weighted by Crippen LogP contribution is -2.48. The second-order valence-corrected chi connectivity index (χ2v) is 4.63. The molecule has 0 aliphatic heterocycles. The van der Waals surface area contributed by atoms with Gasteiger partial charge in [-0.25, -0.2) is 4.79 Å². The van der Waals surface area contributed by atoms with Gasteiger partial charge in [-0.1, -0.05) is 27.7 Å². The van der Waals surface area contributed by atoms with E-state index in [1.807, 2.05) is 27.7 Å². The van der Waals surface area contributed by atoms with Gasteiger partial charge in [0.2, 0.25) is 0 Å². The summed E-state index contributed by atoms with van der Waals surface area (Å²) < 4.78 is 0. The van der Waals surface area contributed by atoms with Crippen molar-refractivity contribution in [2.24, 2.45) is 5.41 Å².